The lowest BCUT2D eigenvalue weighted by atomic mass is 10.4. The highest BCUT2D eigenvalue weighted by Gasteiger charge is 2.13. The van der Waals surface area contributed by atoms with Crippen LogP contribution in [0.15, 0.2) is 18.5 Å². The summed E-state index contributed by atoms with van der Waals surface area (Å²) in [4.78, 5) is 14.2. The third-order valence-corrected chi connectivity index (χ3v) is 2.69. The Hall–Kier alpha value is -1.62. The summed E-state index contributed by atoms with van der Waals surface area (Å²) in [7, 11) is 0. The molecular formula is C10H13N5. The fraction of sp³-hybridized carbons (Fsp3) is 0.400. The highest BCUT2D eigenvalue weighted by molar-refractivity contribution is 5.75. The van der Waals surface area contributed by atoms with Crippen LogP contribution in [-0.2, 0) is 0 Å². The van der Waals surface area contributed by atoms with Gasteiger partial charge in [-0.25, -0.2) is 4.98 Å². The molecule has 2 N–H and O–H groups in total. The summed E-state index contributed by atoms with van der Waals surface area (Å²) in [5.41, 5.74) is 0.915. The molecule has 5 heteroatoms. The zero-order chi connectivity index (χ0) is 10.1. The number of piperazine rings is 1. The van der Waals surface area contributed by atoms with Gasteiger partial charge in [-0.05, 0) is 6.07 Å². The summed E-state index contributed by atoms with van der Waals surface area (Å²) in [6.07, 6.45) is 3.76. The van der Waals surface area contributed by atoms with Crippen LogP contribution in [0.3, 0.4) is 0 Å². The Labute approximate surface area is 87.5 Å². The van der Waals surface area contributed by atoms with Crippen molar-refractivity contribution in [2.75, 3.05) is 31.1 Å². The molecule has 1 aliphatic rings. The van der Waals surface area contributed by atoms with E-state index in [1.165, 1.54) is 0 Å². The van der Waals surface area contributed by atoms with Crippen molar-refractivity contribution in [3.8, 4) is 0 Å². The smallest absolute Gasteiger partial charge is 0.227 e. The SMILES string of the molecule is c1cc2cnc(N3CCNCC3)nc2[nH]1. The van der Waals surface area contributed by atoms with Crippen LogP contribution in [0.2, 0.25) is 0 Å². The molecular weight excluding hydrogens is 190 g/mol. The summed E-state index contributed by atoms with van der Waals surface area (Å²) in [5.74, 6) is 0.825. The van der Waals surface area contributed by atoms with E-state index >= 15 is 0 Å². The number of H-pyrrole nitrogens is 1. The van der Waals surface area contributed by atoms with Gasteiger partial charge in [-0.1, -0.05) is 0 Å². The molecule has 15 heavy (non-hydrogen) atoms. The van der Waals surface area contributed by atoms with E-state index in [0.717, 1.165) is 43.2 Å². The number of aromatic amines is 1. The minimum Gasteiger partial charge on any atom is -0.346 e. The fourth-order valence-electron chi connectivity index (χ4n) is 1.85. The van der Waals surface area contributed by atoms with E-state index in [-0.39, 0.29) is 0 Å². The zero-order valence-electron chi connectivity index (χ0n) is 8.40. The molecule has 0 radical (unpaired) electrons. The average molecular weight is 203 g/mol. The highest BCUT2D eigenvalue weighted by Crippen LogP contribution is 2.13. The van der Waals surface area contributed by atoms with Gasteiger partial charge in [0.2, 0.25) is 5.95 Å². The second-order valence-corrected chi connectivity index (χ2v) is 3.69. The van der Waals surface area contributed by atoms with Crippen LogP contribution in [0.1, 0.15) is 0 Å². The molecule has 78 valence electrons. The van der Waals surface area contributed by atoms with Crippen molar-refractivity contribution in [2.24, 2.45) is 0 Å². The van der Waals surface area contributed by atoms with Crippen molar-refractivity contribution in [1.29, 1.82) is 0 Å². The van der Waals surface area contributed by atoms with Gasteiger partial charge < -0.3 is 15.2 Å². The second kappa shape index (κ2) is 3.51. The van der Waals surface area contributed by atoms with Crippen LogP contribution in [-0.4, -0.2) is 41.1 Å². The molecule has 0 atom stereocenters. The van der Waals surface area contributed by atoms with Crippen molar-refractivity contribution in [3.63, 3.8) is 0 Å². The molecule has 0 unspecified atom stereocenters. The summed E-state index contributed by atoms with van der Waals surface area (Å²) in [6, 6.07) is 1.98. The van der Waals surface area contributed by atoms with E-state index in [0.29, 0.717) is 0 Å². The van der Waals surface area contributed by atoms with Gasteiger partial charge in [0.25, 0.3) is 0 Å². The van der Waals surface area contributed by atoms with Crippen molar-refractivity contribution in [2.45, 2.75) is 0 Å². The Balaban J connectivity index is 1.95. The Morgan fingerprint density at radius 3 is 3.00 bits per heavy atom. The number of hydrogen-bond acceptors (Lipinski definition) is 4. The largest absolute Gasteiger partial charge is 0.346 e. The minimum atomic E-state index is 0.825. The van der Waals surface area contributed by atoms with Gasteiger partial charge >= 0.3 is 0 Å². The molecule has 0 amide bonds. The molecule has 2 aromatic heterocycles. The normalized spacial score (nSPS) is 17.2. The molecule has 1 aliphatic heterocycles. The number of rotatable bonds is 1. The van der Waals surface area contributed by atoms with Gasteiger partial charge in [0.15, 0.2) is 0 Å². The molecule has 3 heterocycles. The van der Waals surface area contributed by atoms with Crippen LogP contribution in [0.5, 0.6) is 0 Å². The number of aromatic nitrogens is 3. The summed E-state index contributed by atoms with van der Waals surface area (Å²) in [6.45, 7) is 3.97. The monoisotopic (exact) mass is 203 g/mol. The number of anilines is 1. The first-order valence-corrected chi connectivity index (χ1v) is 5.19. The summed E-state index contributed by atoms with van der Waals surface area (Å²) in [5, 5.41) is 4.38. The highest BCUT2D eigenvalue weighted by atomic mass is 15.3. The van der Waals surface area contributed by atoms with Crippen LogP contribution in [0.4, 0.5) is 5.95 Å². The molecule has 1 fully saturated rings. The molecule has 0 bridgehead atoms. The van der Waals surface area contributed by atoms with Gasteiger partial charge in [0.1, 0.15) is 5.65 Å². The predicted molar refractivity (Wildman–Crippen MR) is 59.0 cm³/mol. The summed E-state index contributed by atoms with van der Waals surface area (Å²) >= 11 is 0. The molecule has 0 spiro atoms. The van der Waals surface area contributed by atoms with Gasteiger partial charge in [0, 0.05) is 44.0 Å². The van der Waals surface area contributed by atoms with Crippen molar-refractivity contribution in [3.05, 3.63) is 18.5 Å². The van der Waals surface area contributed by atoms with Crippen molar-refractivity contribution in [1.82, 2.24) is 20.3 Å². The molecule has 5 nitrogen and oxygen atoms in total. The van der Waals surface area contributed by atoms with E-state index in [1.807, 2.05) is 18.5 Å². The van der Waals surface area contributed by atoms with Gasteiger partial charge in [-0.3, -0.25) is 0 Å². The minimum absolute atomic E-state index is 0.825. The maximum atomic E-state index is 4.49. The van der Waals surface area contributed by atoms with Gasteiger partial charge in [-0.15, -0.1) is 0 Å². The van der Waals surface area contributed by atoms with Crippen molar-refractivity contribution < 1.29 is 0 Å². The molecule has 3 rings (SSSR count). The molecule has 1 saturated heterocycles. The lowest BCUT2D eigenvalue weighted by molar-refractivity contribution is 0.580. The van der Waals surface area contributed by atoms with Crippen LogP contribution in [0.25, 0.3) is 11.0 Å². The van der Waals surface area contributed by atoms with E-state index in [2.05, 4.69) is 25.2 Å². The third kappa shape index (κ3) is 1.55. The Morgan fingerprint density at radius 1 is 1.27 bits per heavy atom. The molecule has 0 saturated carbocycles. The quantitative estimate of drug-likeness (QED) is 0.703. The number of nitrogens with zero attached hydrogens (tertiary/aromatic N) is 3. The predicted octanol–water partition coefficient (Wildman–Crippen LogP) is 0.367. The van der Waals surface area contributed by atoms with Gasteiger partial charge in [-0.2, -0.15) is 4.98 Å². The lowest BCUT2D eigenvalue weighted by Gasteiger charge is -2.27. The number of nitrogens with one attached hydrogen (secondary N) is 2. The first kappa shape index (κ1) is 8.67. The average Bonchev–Trinajstić information content (AvgIpc) is 2.77. The first-order valence-electron chi connectivity index (χ1n) is 5.19. The zero-order valence-corrected chi connectivity index (χ0v) is 8.40. The van der Waals surface area contributed by atoms with Crippen molar-refractivity contribution >= 4 is 17.0 Å². The summed E-state index contributed by atoms with van der Waals surface area (Å²) < 4.78 is 0. The first-order chi connectivity index (χ1) is 7.43. The van der Waals surface area contributed by atoms with Crippen LogP contribution in [0, 0.1) is 0 Å². The molecule has 0 aliphatic carbocycles. The Morgan fingerprint density at radius 2 is 2.13 bits per heavy atom. The van der Waals surface area contributed by atoms with Crippen LogP contribution >= 0.6 is 0 Å². The Kier molecular flexibility index (Phi) is 2.03. The van der Waals surface area contributed by atoms with Gasteiger partial charge in [0.05, 0.1) is 0 Å². The maximum absolute atomic E-state index is 4.49. The second-order valence-electron chi connectivity index (χ2n) is 3.69. The van der Waals surface area contributed by atoms with Crippen LogP contribution < -0.4 is 10.2 Å². The fourth-order valence-corrected chi connectivity index (χ4v) is 1.85. The van der Waals surface area contributed by atoms with E-state index in [4.69, 9.17) is 0 Å². The van der Waals surface area contributed by atoms with E-state index in [1.54, 1.807) is 0 Å². The van der Waals surface area contributed by atoms with E-state index in [9.17, 15) is 0 Å². The number of hydrogen-bond donors (Lipinski definition) is 2. The Bertz CT molecular complexity index is 458. The van der Waals surface area contributed by atoms with E-state index < -0.39 is 0 Å². The molecule has 2 aromatic rings. The topological polar surface area (TPSA) is 56.8 Å². The molecule has 0 aromatic carbocycles. The number of fused-ring (bicyclic) bond motifs is 1. The third-order valence-electron chi connectivity index (χ3n) is 2.69. The standard InChI is InChI=1S/C10H13N5/c1-2-12-9-8(1)7-13-10(14-9)15-5-3-11-4-6-15/h1-2,7,11H,3-6H2,(H,12,13,14). The maximum Gasteiger partial charge on any atom is 0.227 e. The lowest BCUT2D eigenvalue weighted by Crippen LogP contribution is -2.44.